The molecule has 192 valence electrons. The molecule has 0 bridgehead atoms. The molecule has 12 heteroatoms. The highest BCUT2D eigenvalue weighted by atomic mass is 35.5. The number of benzene rings is 2. The van der Waals surface area contributed by atoms with Crippen molar-refractivity contribution in [3.63, 3.8) is 0 Å². The number of nitrogens with one attached hydrogen (secondary N) is 1. The van der Waals surface area contributed by atoms with Crippen molar-refractivity contribution in [3.05, 3.63) is 75.8 Å². The van der Waals surface area contributed by atoms with E-state index in [1.165, 1.54) is 23.4 Å². The maximum absolute atomic E-state index is 13.6. The highest BCUT2D eigenvalue weighted by molar-refractivity contribution is 8.02. The molecule has 0 radical (unpaired) electrons. The summed E-state index contributed by atoms with van der Waals surface area (Å²) >= 11 is 14.3. The number of sulfonamides is 1. The van der Waals surface area contributed by atoms with Crippen molar-refractivity contribution in [1.29, 1.82) is 0 Å². The fourth-order valence-corrected chi connectivity index (χ4v) is 7.53. The van der Waals surface area contributed by atoms with E-state index >= 15 is 0 Å². The molecule has 0 spiro atoms. The second-order valence-corrected chi connectivity index (χ2v) is 13.3. The van der Waals surface area contributed by atoms with Crippen molar-refractivity contribution >= 4 is 62.0 Å². The normalized spacial score (nSPS) is 16.5. The van der Waals surface area contributed by atoms with E-state index in [4.69, 9.17) is 27.9 Å². The molecule has 0 aliphatic heterocycles. The Labute approximate surface area is 225 Å². The van der Waals surface area contributed by atoms with Gasteiger partial charge in [-0.15, -0.1) is 11.3 Å². The first kappa shape index (κ1) is 27.2. The number of thiophene rings is 1. The molecule has 4 rings (SSSR count). The SMILES string of the molecule is CC1=CC[C@H](Oc2cc(NS(=O)(=O)c3ccc(Sc4ccc(Cl)c(Cl)c4)s3)ccc2C(F)(F)F)CC1. The lowest BCUT2D eigenvalue weighted by Crippen LogP contribution is -2.21. The van der Waals surface area contributed by atoms with Gasteiger partial charge in [-0.25, -0.2) is 8.42 Å². The van der Waals surface area contributed by atoms with Gasteiger partial charge in [0.05, 0.1) is 25.5 Å². The van der Waals surface area contributed by atoms with Crippen LogP contribution in [0.4, 0.5) is 18.9 Å². The van der Waals surface area contributed by atoms with Crippen LogP contribution >= 0.6 is 46.3 Å². The van der Waals surface area contributed by atoms with E-state index in [0.29, 0.717) is 27.1 Å². The molecule has 1 N–H and O–H groups in total. The van der Waals surface area contributed by atoms with Gasteiger partial charge in [-0.1, -0.05) is 46.6 Å². The fraction of sp³-hybridized carbons (Fsp3) is 0.250. The van der Waals surface area contributed by atoms with E-state index in [9.17, 15) is 21.6 Å². The zero-order valence-corrected chi connectivity index (χ0v) is 22.7. The van der Waals surface area contributed by atoms with Gasteiger partial charge in [-0.3, -0.25) is 4.72 Å². The predicted molar refractivity (Wildman–Crippen MR) is 139 cm³/mol. The largest absolute Gasteiger partial charge is 0.489 e. The summed E-state index contributed by atoms with van der Waals surface area (Å²) in [7, 11) is -4.04. The first-order chi connectivity index (χ1) is 16.9. The number of anilines is 1. The van der Waals surface area contributed by atoms with Gasteiger partial charge in [-0.05, 0) is 62.2 Å². The number of hydrogen-bond donors (Lipinski definition) is 1. The van der Waals surface area contributed by atoms with Gasteiger partial charge in [0, 0.05) is 17.4 Å². The quantitative estimate of drug-likeness (QED) is 0.278. The third-order valence-corrected chi connectivity index (χ3v) is 10.2. The second-order valence-electron chi connectivity index (χ2n) is 8.13. The van der Waals surface area contributed by atoms with E-state index in [-0.39, 0.29) is 9.90 Å². The van der Waals surface area contributed by atoms with E-state index < -0.39 is 33.6 Å². The molecule has 36 heavy (non-hydrogen) atoms. The van der Waals surface area contributed by atoms with Crippen molar-refractivity contribution in [2.75, 3.05) is 4.72 Å². The average molecular weight is 595 g/mol. The lowest BCUT2D eigenvalue weighted by molar-refractivity contribution is -0.139. The standard InChI is InChI=1S/C24H20Cl2F3NO3S3/c1-14-2-5-16(6-3-14)33-21-12-15(4-8-18(21)24(27,28)29)30-36(31,32)23-11-10-22(35-23)34-17-7-9-19(25)20(26)13-17/h2,4,7-13,16,30H,3,5-6H2,1H3/t16-/m0/s1. The Morgan fingerprint density at radius 2 is 1.86 bits per heavy atom. The van der Waals surface area contributed by atoms with Crippen LogP contribution in [0.2, 0.25) is 10.0 Å². The van der Waals surface area contributed by atoms with Crippen LogP contribution in [0.15, 0.2) is 73.5 Å². The van der Waals surface area contributed by atoms with Gasteiger partial charge < -0.3 is 4.74 Å². The van der Waals surface area contributed by atoms with Crippen LogP contribution in [0.25, 0.3) is 0 Å². The van der Waals surface area contributed by atoms with Gasteiger partial charge in [0.1, 0.15) is 16.1 Å². The molecule has 0 saturated heterocycles. The van der Waals surface area contributed by atoms with E-state index in [1.807, 2.05) is 13.0 Å². The van der Waals surface area contributed by atoms with Crippen molar-refractivity contribution in [2.45, 2.75) is 51.8 Å². The van der Waals surface area contributed by atoms with E-state index in [1.54, 1.807) is 24.3 Å². The first-order valence-corrected chi connectivity index (χ1v) is 14.6. The van der Waals surface area contributed by atoms with Crippen LogP contribution < -0.4 is 9.46 Å². The van der Waals surface area contributed by atoms with Crippen LogP contribution in [-0.4, -0.2) is 14.5 Å². The topological polar surface area (TPSA) is 55.4 Å². The van der Waals surface area contributed by atoms with Gasteiger partial charge in [0.25, 0.3) is 10.0 Å². The maximum Gasteiger partial charge on any atom is 0.419 e. The highest BCUT2D eigenvalue weighted by Gasteiger charge is 2.35. The van der Waals surface area contributed by atoms with Crippen LogP contribution in [0.3, 0.4) is 0 Å². The summed E-state index contributed by atoms with van der Waals surface area (Å²) in [6.07, 6.45) is -1.30. The molecule has 1 aliphatic carbocycles. The summed E-state index contributed by atoms with van der Waals surface area (Å²) in [6, 6.07) is 11.2. The van der Waals surface area contributed by atoms with E-state index in [0.717, 1.165) is 40.9 Å². The second kappa shape index (κ2) is 10.9. The fourth-order valence-electron chi connectivity index (χ4n) is 3.51. The molecule has 4 nitrogen and oxygen atoms in total. The molecule has 2 aromatic carbocycles. The lowest BCUT2D eigenvalue weighted by Gasteiger charge is -2.24. The molecule has 0 amide bonds. The molecular weight excluding hydrogens is 574 g/mol. The monoisotopic (exact) mass is 593 g/mol. The van der Waals surface area contributed by atoms with Crippen molar-refractivity contribution in [1.82, 2.24) is 0 Å². The highest BCUT2D eigenvalue weighted by Crippen LogP contribution is 2.41. The molecule has 1 atom stereocenters. The first-order valence-electron chi connectivity index (χ1n) is 10.7. The number of alkyl halides is 3. The predicted octanol–water partition coefficient (Wildman–Crippen LogP) is 8.90. The third kappa shape index (κ3) is 6.72. The van der Waals surface area contributed by atoms with Crippen LogP contribution in [0.5, 0.6) is 5.75 Å². The molecule has 1 heterocycles. The molecular formula is C24H20Cl2F3NO3S3. The lowest BCUT2D eigenvalue weighted by atomic mass is 9.98. The van der Waals surface area contributed by atoms with Gasteiger partial charge >= 0.3 is 6.18 Å². The Balaban J connectivity index is 1.54. The van der Waals surface area contributed by atoms with Gasteiger partial charge in [0.15, 0.2) is 0 Å². The Morgan fingerprint density at radius 1 is 1.08 bits per heavy atom. The molecule has 0 fully saturated rings. The third-order valence-electron chi connectivity index (χ3n) is 5.35. The van der Waals surface area contributed by atoms with Crippen molar-refractivity contribution in [2.24, 2.45) is 0 Å². The summed E-state index contributed by atoms with van der Waals surface area (Å²) in [4.78, 5) is 0.778. The summed E-state index contributed by atoms with van der Waals surface area (Å²) in [6.45, 7) is 1.96. The van der Waals surface area contributed by atoms with Crippen LogP contribution in [-0.2, 0) is 16.2 Å². The smallest absolute Gasteiger partial charge is 0.419 e. The Kier molecular flexibility index (Phi) is 8.21. The number of rotatable bonds is 7. The van der Waals surface area contributed by atoms with Crippen molar-refractivity contribution in [3.8, 4) is 5.75 Å². The minimum atomic E-state index is -4.64. The molecule has 0 saturated carbocycles. The van der Waals surface area contributed by atoms with Gasteiger partial charge in [-0.2, -0.15) is 13.2 Å². The Bertz CT molecular complexity index is 1410. The molecule has 1 aromatic heterocycles. The average Bonchev–Trinajstić information content (AvgIpc) is 3.27. The number of allylic oxidation sites excluding steroid dienone is 1. The minimum absolute atomic E-state index is 0.0142. The number of hydrogen-bond acceptors (Lipinski definition) is 5. The summed E-state index contributed by atoms with van der Waals surface area (Å²) in [5.41, 5.74) is 0.195. The summed E-state index contributed by atoms with van der Waals surface area (Å²) in [5.74, 6) is -0.400. The van der Waals surface area contributed by atoms with Crippen LogP contribution in [0.1, 0.15) is 31.7 Å². The van der Waals surface area contributed by atoms with Crippen molar-refractivity contribution < 1.29 is 26.3 Å². The maximum atomic E-state index is 13.6. The molecule has 0 unspecified atom stereocenters. The van der Waals surface area contributed by atoms with E-state index in [2.05, 4.69) is 4.72 Å². The number of ether oxygens (including phenoxy) is 1. The van der Waals surface area contributed by atoms with Gasteiger partial charge in [0.2, 0.25) is 0 Å². The zero-order valence-electron chi connectivity index (χ0n) is 18.7. The summed E-state index contributed by atoms with van der Waals surface area (Å²) < 4.78 is 75.4. The zero-order chi connectivity index (χ0) is 26.1. The van der Waals surface area contributed by atoms with Crippen LogP contribution in [0, 0.1) is 0 Å². The number of halogens is 5. The molecule has 1 aliphatic rings. The summed E-state index contributed by atoms with van der Waals surface area (Å²) in [5, 5.41) is 0.794. The Morgan fingerprint density at radius 3 is 2.53 bits per heavy atom. The molecule has 3 aromatic rings. The minimum Gasteiger partial charge on any atom is -0.489 e. The Hall–Kier alpha value is -1.85.